The maximum absolute atomic E-state index is 13.0. The average Bonchev–Trinajstić information content (AvgIpc) is 2.33. The number of imide groups is 1. The molecule has 0 fully saturated rings. The minimum absolute atomic E-state index is 0.0676. The molecule has 0 saturated heterocycles. The molecule has 6 nitrogen and oxygen atoms in total. The number of rotatable bonds is 5. The van der Waals surface area contributed by atoms with Gasteiger partial charge in [0.1, 0.15) is 5.82 Å². The summed E-state index contributed by atoms with van der Waals surface area (Å²) in [6.45, 7) is 1.68. The Bertz CT molecular complexity index is 531. The summed E-state index contributed by atoms with van der Waals surface area (Å²) in [7, 11) is 0. The highest BCUT2D eigenvalue weighted by molar-refractivity contribution is 6.01. The summed E-state index contributed by atoms with van der Waals surface area (Å²) >= 11 is 0. The maximum atomic E-state index is 13.0. The summed E-state index contributed by atoms with van der Waals surface area (Å²) in [5, 5.41) is 12.8. The maximum Gasteiger partial charge on any atom is 0.325 e. The van der Waals surface area contributed by atoms with Crippen molar-refractivity contribution < 1.29 is 23.9 Å². The first-order chi connectivity index (χ1) is 9.38. The zero-order chi connectivity index (χ0) is 15.1. The molecule has 7 heteroatoms. The third kappa shape index (κ3) is 5.47. The van der Waals surface area contributed by atoms with Crippen molar-refractivity contribution in [1.29, 1.82) is 0 Å². The van der Waals surface area contributed by atoms with Gasteiger partial charge in [0.05, 0.1) is 0 Å². The van der Waals surface area contributed by atoms with Crippen LogP contribution in [-0.4, -0.2) is 23.0 Å². The van der Waals surface area contributed by atoms with Crippen LogP contribution in [0.5, 0.6) is 0 Å². The number of carbonyl (C=O) groups is 3. The van der Waals surface area contributed by atoms with Gasteiger partial charge in [-0.2, -0.15) is 0 Å². The number of amides is 3. The van der Waals surface area contributed by atoms with Crippen molar-refractivity contribution in [2.75, 3.05) is 5.32 Å². The number of aryl methyl sites for hydroxylation is 1. The number of benzene rings is 1. The van der Waals surface area contributed by atoms with Gasteiger partial charge in [-0.1, -0.05) is 6.07 Å². The van der Waals surface area contributed by atoms with E-state index in [1.165, 1.54) is 12.1 Å². The van der Waals surface area contributed by atoms with Gasteiger partial charge in [-0.25, -0.2) is 9.18 Å². The van der Waals surface area contributed by atoms with Crippen LogP contribution in [0.25, 0.3) is 0 Å². The lowest BCUT2D eigenvalue weighted by Crippen LogP contribution is -2.34. The molecule has 0 aliphatic heterocycles. The van der Waals surface area contributed by atoms with E-state index >= 15 is 0 Å². The topological polar surface area (TPSA) is 95.5 Å². The van der Waals surface area contributed by atoms with E-state index in [0.717, 1.165) is 6.07 Å². The van der Waals surface area contributed by atoms with Crippen molar-refractivity contribution in [3.8, 4) is 0 Å². The number of halogens is 1. The molecule has 0 spiro atoms. The first kappa shape index (κ1) is 15.6. The molecule has 0 saturated carbocycles. The smallest absolute Gasteiger partial charge is 0.325 e. The average molecular weight is 282 g/mol. The molecule has 3 amide bonds. The number of carboxylic acids is 1. The van der Waals surface area contributed by atoms with Crippen LogP contribution in [0.2, 0.25) is 0 Å². The molecule has 0 aliphatic rings. The van der Waals surface area contributed by atoms with Crippen LogP contribution < -0.4 is 10.6 Å². The SMILES string of the molecule is Cc1ccc(F)cc1NC(=O)NC(=O)CCCC(=O)O. The first-order valence-electron chi connectivity index (χ1n) is 5.97. The molecule has 3 N–H and O–H groups in total. The third-order valence-corrected chi connectivity index (χ3v) is 2.50. The Morgan fingerprint density at radius 2 is 1.95 bits per heavy atom. The monoisotopic (exact) mass is 282 g/mol. The van der Waals surface area contributed by atoms with Crippen LogP contribution >= 0.6 is 0 Å². The zero-order valence-corrected chi connectivity index (χ0v) is 10.9. The van der Waals surface area contributed by atoms with Gasteiger partial charge in [0, 0.05) is 18.5 Å². The lowest BCUT2D eigenvalue weighted by atomic mass is 10.2. The predicted octanol–water partition coefficient (Wildman–Crippen LogP) is 2.04. The predicted molar refractivity (Wildman–Crippen MR) is 69.8 cm³/mol. The molecule has 0 bridgehead atoms. The van der Waals surface area contributed by atoms with Gasteiger partial charge >= 0.3 is 12.0 Å². The molecule has 1 aromatic rings. The Kier molecular flexibility index (Phi) is 5.64. The molecule has 0 aromatic heterocycles. The number of carbonyl (C=O) groups excluding carboxylic acids is 2. The second kappa shape index (κ2) is 7.22. The molecule has 0 heterocycles. The minimum Gasteiger partial charge on any atom is -0.481 e. The second-order valence-electron chi connectivity index (χ2n) is 4.21. The number of nitrogens with one attached hydrogen (secondary N) is 2. The van der Waals surface area contributed by atoms with Gasteiger partial charge in [-0.3, -0.25) is 14.9 Å². The lowest BCUT2D eigenvalue weighted by Gasteiger charge is -2.09. The molecule has 0 aliphatic carbocycles. The van der Waals surface area contributed by atoms with Crippen molar-refractivity contribution in [2.24, 2.45) is 0 Å². The molecule has 1 rings (SSSR count). The van der Waals surface area contributed by atoms with E-state index < -0.39 is 23.7 Å². The fraction of sp³-hybridized carbons (Fsp3) is 0.308. The number of aliphatic carboxylic acids is 1. The van der Waals surface area contributed by atoms with Gasteiger partial charge in [-0.15, -0.1) is 0 Å². The molecule has 0 unspecified atom stereocenters. The summed E-state index contributed by atoms with van der Waals surface area (Å²) in [5.74, 6) is -2.09. The number of urea groups is 1. The molecular formula is C13H15FN2O4. The van der Waals surface area contributed by atoms with E-state index in [1.54, 1.807) is 6.92 Å². The summed E-state index contributed by atoms with van der Waals surface area (Å²) in [4.78, 5) is 33.1. The van der Waals surface area contributed by atoms with Crippen molar-refractivity contribution in [3.63, 3.8) is 0 Å². The molecule has 0 atom stereocenters. The highest BCUT2D eigenvalue weighted by Crippen LogP contribution is 2.15. The normalized spacial score (nSPS) is 9.90. The number of hydrogen-bond acceptors (Lipinski definition) is 3. The minimum atomic E-state index is -1.00. The zero-order valence-electron chi connectivity index (χ0n) is 10.9. The standard InChI is InChI=1S/C13H15FN2O4/c1-8-5-6-9(14)7-10(8)15-13(20)16-11(17)3-2-4-12(18)19/h5-7H,2-4H2,1H3,(H,18,19)(H2,15,16,17,20). The lowest BCUT2D eigenvalue weighted by molar-refractivity contribution is -0.137. The van der Waals surface area contributed by atoms with Gasteiger partial charge in [0.2, 0.25) is 5.91 Å². The van der Waals surface area contributed by atoms with E-state index in [1.807, 2.05) is 5.32 Å². The van der Waals surface area contributed by atoms with Crippen molar-refractivity contribution in [3.05, 3.63) is 29.6 Å². The fourth-order valence-corrected chi connectivity index (χ4v) is 1.47. The molecule has 0 radical (unpaired) electrons. The fourth-order valence-electron chi connectivity index (χ4n) is 1.47. The largest absolute Gasteiger partial charge is 0.481 e. The summed E-state index contributed by atoms with van der Waals surface area (Å²) in [6, 6.07) is 3.12. The van der Waals surface area contributed by atoms with E-state index in [0.29, 0.717) is 5.56 Å². The van der Waals surface area contributed by atoms with Crippen LogP contribution in [0.1, 0.15) is 24.8 Å². The van der Waals surface area contributed by atoms with Crippen LogP contribution in [0.15, 0.2) is 18.2 Å². The Labute approximate surface area is 115 Å². The van der Waals surface area contributed by atoms with Crippen molar-refractivity contribution >= 4 is 23.6 Å². The van der Waals surface area contributed by atoms with Crippen LogP contribution in [0.4, 0.5) is 14.9 Å². The van der Waals surface area contributed by atoms with Gasteiger partial charge in [-0.05, 0) is 31.0 Å². The Morgan fingerprint density at radius 1 is 1.25 bits per heavy atom. The Balaban J connectivity index is 2.45. The molecule has 20 heavy (non-hydrogen) atoms. The van der Waals surface area contributed by atoms with E-state index in [9.17, 15) is 18.8 Å². The third-order valence-electron chi connectivity index (χ3n) is 2.50. The Morgan fingerprint density at radius 3 is 2.60 bits per heavy atom. The molecule has 108 valence electrons. The van der Waals surface area contributed by atoms with Crippen molar-refractivity contribution in [1.82, 2.24) is 5.32 Å². The van der Waals surface area contributed by atoms with Gasteiger partial charge in [0.25, 0.3) is 0 Å². The highest BCUT2D eigenvalue weighted by Gasteiger charge is 2.10. The summed E-state index contributed by atoms with van der Waals surface area (Å²) < 4.78 is 13.0. The van der Waals surface area contributed by atoms with Crippen LogP contribution in [-0.2, 0) is 9.59 Å². The quantitative estimate of drug-likeness (QED) is 0.770. The molecular weight excluding hydrogens is 267 g/mol. The highest BCUT2D eigenvalue weighted by atomic mass is 19.1. The summed E-state index contributed by atoms with van der Waals surface area (Å²) in [6.07, 6.45) is -0.0622. The Hall–Kier alpha value is -2.44. The van der Waals surface area contributed by atoms with Gasteiger partial charge < -0.3 is 10.4 Å². The van der Waals surface area contributed by atoms with Gasteiger partial charge in [0.15, 0.2) is 0 Å². The van der Waals surface area contributed by atoms with E-state index in [4.69, 9.17) is 5.11 Å². The van der Waals surface area contributed by atoms with E-state index in [2.05, 4.69) is 5.32 Å². The first-order valence-corrected chi connectivity index (χ1v) is 5.97. The number of hydrogen-bond donors (Lipinski definition) is 3. The molecule has 1 aromatic carbocycles. The van der Waals surface area contributed by atoms with Crippen LogP contribution in [0.3, 0.4) is 0 Å². The second-order valence-corrected chi connectivity index (χ2v) is 4.21. The number of anilines is 1. The summed E-state index contributed by atoms with van der Waals surface area (Å²) in [5.41, 5.74) is 0.917. The van der Waals surface area contributed by atoms with Crippen LogP contribution in [0, 0.1) is 12.7 Å². The van der Waals surface area contributed by atoms with E-state index in [-0.39, 0.29) is 24.9 Å². The number of carboxylic acid groups (broad SMARTS) is 1. The van der Waals surface area contributed by atoms with Crippen molar-refractivity contribution in [2.45, 2.75) is 26.2 Å².